The lowest BCUT2D eigenvalue weighted by Gasteiger charge is -2.11. The average molecular weight is 341 g/mol. The molecule has 130 valence electrons. The molecule has 0 aliphatic heterocycles. The van der Waals surface area contributed by atoms with Gasteiger partial charge in [-0.2, -0.15) is 0 Å². The summed E-state index contributed by atoms with van der Waals surface area (Å²) in [6, 6.07) is 7.04. The second kappa shape index (κ2) is 7.25. The Labute approximate surface area is 144 Å². The zero-order valence-corrected chi connectivity index (χ0v) is 14.3. The Kier molecular flexibility index (Phi) is 4.87. The minimum Gasteiger partial charge on any atom is -0.467 e. The Morgan fingerprint density at radius 1 is 1.16 bits per heavy atom. The molecule has 25 heavy (non-hydrogen) atoms. The number of aromatic nitrogens is 4. The molecule has 2 heterocycles. The summed E-state index contributed by atoms with van der Waals surface area (Å²) >= 11 is 0. The first-order valence-electron chi connectivity index (χ1n) is 7.99. The molecule has 0 aliphatic carbocycles. The molecule has 0 spiro atoms. The maximum atomic E-state index is 12.1. The highest BCUT2D eigenvalue weighted by Gasteiger charge is 2.18. The molecule has 3 aromatic rings. The first kappa shape index (κ1) is 16.8. The zero-order chi connectivity index (χ0) is 17.8. The fraction of sp³-hybridized carbons (Fsp3) is 0.353. The van der Waals surface area contributed by atoms with Crippen molar-refractivity contribution in [1.29, 1.82) is 0 Å². The minimum atomic E-state index is -0.404. The molecule has 0 radical (unpaired) electrons. The largest absolute Gasteiger partial charge is 0.467 e. The highest BCUT2D eigenvalue weighted by molar-refractivity contribution is 5.84. The Hall–Kier alpha value is -3.03. The summed E-state index contributed by atoms with van der Waals surface area (Å²) in [4.78, 5) is 20.3. The van der Waals surface area contributed by atoms with Crippen molar-refractivity contribution in [1.82, 2.24) is 25.5 Å². The summed E-state index contributed by atoms with van der Waals surface area (Å²) in [5, 5.41) is 11.4. The van der Waals surface area contributed by atoms with Gasteiger partial charge in [0.1, 0.15) is 12.4 Å². The van der Waals surface area contributed by atoms with Gasteiger partial charge >= 0.3 is 0 Å². The second-order valence-corrected chi connectivity index (χ2v) is 5.91. The third-order valence-corrected chi connectivity index (χ3v) is 3.54. The molecule has 1 amide bonds. The van der Waals surface area contributed by atoms with Gasteiger partial charge in [0.15, 0.2) is 6.61 Å². The molecule has 1 atom stereocenters. The lowest BCUT2D eigenvalue weighted by Crippen LogP contribution is -2.31. The number of hydrogen-bond donors (Lipinski definition) is 1. The van der Waals surface area contributed by atoms with E-state index in [2.05, 4.69) is 25.5 Å². The van der Waals surface area contributed by atoms with Crippen molar-refractivity contribution in [3.8, 4) is 5.88 Å². The van der Waals surface area contributed by atoms with E-state index < -0.39 is 6.04 Å². The van der Waals surface area contributed by atoms with Gasteiger partial charge in [0, 0.05) is 5.92 Å². The molecule has 1 aromatic carbocycles. The van der Waals surface area contributed by atoms with Gasteiger partial charge in [-0.1, -0.05) is 26.0 Å². The Morgan fingerprint density at radius 3 is 2.68 bits per heavy atom. The molecule has 8 heteroatoms. The molecule has 0 saturated heterocycles. The van der Waals surface area contributed by atoms with Crippen LogP contribution in [0.2, 0.25) is 0 Å². The quantitative estimate of drug-likeness (QED) is 0.734. The van der Waals surface area contributed by atoms with Gasteiger partial charge < -0.3 is 14.5 Å². The van der Waals surface area contributed by atoms with Gasteiger partial charge in [-0.15, -0.1) is 10.2 Å². The minimum absolute atomic E-state index is 0.138. The number of para-hydroxylation sites is 1. The number of carbonyl (C=O) groups excluding carboxylic acids is 1. The van der Waals surface area contributed by atoms with Crippen LogP contribution >= 0.6 is 0 Å². The van der Waals surface area contributed by atoms with E-state index in [1.54, 1.807) is 6.92 Å². The van der Waals surface area contributed by atoms with Crippen molar-refractivity contribution < 1.29 is 13.9 Å². The van der Waals surface area contributed by atoms with Crippen LogP contribution in [-0.2, 0) is 4.79 Å². The number of rotatable bonds is 6. The van der Waals surface area contributed by atoms with E-state index in [1.807, 2.05) is 38.1 Å². The number of ether oxygens (including phenoxy) is 1. The highest BCUT2D eigenvalue weighted by Crippen LogP contribution is 2.20. The van der Waals surface area contributed by atoms with Crippen molar-refractivity contribution in [2.75, 3.05) is 6.61 Å². The predicted octanol–water partition coefficient (Wildman–Crippen LogP) is 2.39. The van der Waals surface area contributed by atoms with Gasteiger partial charge in [-0.3, -0.25) is 4.79 Å². The molecular formula is C17H19N5O3. The molecule has 0 fully saturated rings. The van der Waals surface area contributed by atoms with Crippen molar-refractivity contribution in [2.45, 2.75) is 32.7 Å². The van der Waals surface area contributed by atoms with Crippen molar-refractivity contribution in [2.24, 2.45) is 0 Å². The number of fused-ring (bicyclic) bond motifs is 1. The van der Waals surface area contributed by atoms with Crippen LogP contribution in [0.3, 0.4) is 0 Å². The lowest BCUT2D eigenvalue weighted by molar-refractivity contribution is -0.123. The maximum absolute atomic E-state index is 12.1. The maximum Gasteiger partial charge on any atom is 0.258 e. The normalized spacial score (nSPS) is 12.3. The smallest absolute Gasteiger partial charge is 0.258 e. The summed E-state index contributed by atoms with van der Waals surface area (Å²) in [6.45, 7) is 5.52. The van der Waals surface area contributed by atoms with E-state index in [0.717, 1.165) is 10.9 Å². The van der Waals surface area contributed by atoms with Crippen LogP contribution in [0, 0.1) is 0 Å². The Balaban J connectivity index is 1.60. The number of hydrogen-bond acceptors (Lipinski definition) is 7. The summed E-state index contributed by atoms with van der Waals surface area (Å²) in [6.07, 6.45) is 1.41. The van der Waals surface area contributed by atoms with Crippen molar-refractivity contribution >= 4 is 16.8 Å². The molecule has 1 N–H and O–H groups in total. The third-order valence-electron chi connectivity index (χ3n) is 3.54. The van der Waals surface area contributed by atoms with Crippen LogP contribution in [-0.4, -0.2) is 32.7 Å². The molecule has 0 saturated carbocycles. The molecule has 0 aliphatic rings. The molecule has 3 rings (SSSR count). The molecular weight excluding hydrogens is 322 g/mol. The fourth-order valence-electron chi connectivity index (χ4n) is 2.23. The standard InChI is InChI=1S/C17H19N5O3/c1-10(2)15-21-22-16(25-15)11(3)20-14(23)8-24-17-12-6-4-5-7-13(12)18-9-19-17/h4-7,9-11H,8H2,1-3H3,(H,20,23)/t11-/m0/s1. The monoisotopic (exact) mass is 341 g/mol. The van der Waals surface area contributed by atoms with E-state index in [9.17, 15) is 4.79 Å². The Bertz CT molecular complexity index is 872. The van der Waals surface area contributed by atoms with E-state index in [4.69, 9.17) is 9.15 Å². The number of carbonyl (C=O) groups is 1. The molecule has 2 aromatic heterocycles. The second-order valence-electron chi connectivity index (χ2n) is 5.91. The van der Waals surface area contributed by atoms with Crippen LogP contribution in [0.1, 0.15) is 44.5 Å². The van der Waals surface area contributed by atoms with Gasteiger partial charge in [0.2, 0.25) is 17.7 Å². The number of amides is 1. The number of nitrogens with one attached hydrogen (secondary N) is 1. The summed E-state index contributed by atoms with van der Waals surface area (Å²) in [7, 11) is 0. The predicted molar refractivity (Wildman–Crippen MR) is 90.0 cm³/mol. The first-order chi connectivity index (χ1) is 12.0. The molecule has 0 bridgehead atoms. The van der Waals surface area contributed by atoms with E-state index in [0.29, 0.717) is 17.7 Å². The Morgan fingerprint density at radius 2 is 1.92 bits per heavy atom. The van der Waals surface area contributed by atoms with Crippen LogP contribution < -0.4 is 10.1 Å². The molecule has 8 nitrogen and oxygen atoms in total. The number of nitrogens with zero attached hydrogens (tertiary/aromatic N) is 4. The van der Waals surface area contributed by atoms with E-state index in [1.165, 1.54) is 6.33 Å². The topological polar surface area (TPSA) is 103 Å². The van der Waals surface area contributed by atoms with Crippen LogP contribution in [0.4, 0.5) is 0 Å². The SMILES string of the molecule is CC(C)c1nnc([C@H](C)NC(=O)COc2ncnc3ccccc23)o1. The van der Waals surface area contributed by atoms with Gasteiger partial charge in [0.05, 0.1) is 10.9 Å². The van der Waals surface area contributed by atoms with Gasteiger partial charge in [-0.05, 0) is 19.1 Å². The third kappa shape index (κ3) is 3.90. The van der Waals surface area contributed by atoms with Crippen molar-refractivity contribution in [3.05, 3.63) is 42.4 Å². The van der Waals surface area contributed by atoms with Crippen LogP contribution in [0.25, 0.3) is 10.9 Å². The zero-order valence-electron chi connectivity index (χ0n) is 14.3. The van der Waals surface area contributed by atoms with E-state index >= 15 is 0 Å². The van der Waals surface area contributed by atoms with Crippen LogP contribution in [0.5, 0.6) is 5.88 Å². The summed E-state index contributed by atoms with van der Waals surface area (Å²) in [5.74, 6) is 1.11. The number of benzene rings is 1. The van der Waals surface area contributed by atoms with Crippen molar-refractivity contribution in [3.63, 3.8) is 0 Å². The molecule has 0 unspecified atom stereocenters. The summed E-state index contributed by atoms with van der Waals surface area (Å²) < 4.78 is 11.1. The lowest BCUT2D eigenvalue weighted by atomic mass is 10.2. The highest BCUT2D eigenvalue weighted by atomic mass is 16.5. The summed E-state index contributed by atoms with van der Waals surface area (Å²) in [5.41, 5.74) is 0.758. The first-order valence-corrected chi connectivity index (χ1v) is 7.99. The average Bonchev–Trinajstić information content (AvgIpc) is 3.10. The van der Waals surface area contributed by atoms with E-state index in [-0.39, 0.29) is 18.4 Å². The van der Waals surface area contributed by atoms with Gasteiger partial charge in [-0.25, -0.2) is 9.97 Å². The van der Waals surface area contributed by atoms with Gasteiger partial charge in [0.25, 0.3) is 5.91 Å². The van der Waals surface area contributed by atoms with Crippen LogP contribution in [0.15, 0.2) is 35.0 Å². The fourth-order valence-corrected chi connectivity index (χ4v) is 2.23.